The van der Waals surface area contributed by atoms with Gasteiger partial charge in [-0.3, -0.25) is 4.79 Å². The van der Waals surface area contributed by atoms with E-state index in [1.165, 1.54) is 0 Å². The maximum Gasteiger partial charge on any atom is 0.256 e. The molecule has 0 spiro atoms. The highest BCUT2D eigenvalue weighted by Crippen LogP contribution is 2.22. The van der Waals surface area contributed by atoms with E-state index in [0.29, 0.717) is 17.1 Å². The first-order chi connectivity index (χ1) is 11.7. The first-order valence-corrected chi connectivity index (χ1v) is 8.86. The third kappa shape index (κ3) is 2.84. The van der Waals surface area contributed by atoms with E-state index in [4.69, 9.17) is 0 Å². The Labute approximate surface area is 143 Å². The van der Waals surface area contributed by atoms with Crippen LogP contribution in [0.25, 0.3) is 11.0 Å². The summed E-state index contributed by atoms with van der Waals surface area (Å²) in [6.07, 6.45) is 1.83. The van der Waals surface area contributed by atoms with Gasteiger partial charge in [-0.05, 0) is 31.9 Å². The van der Waals surface area contributed by atoms with Crippen molar-refractivity contribution in [3.05, 3.63) is 34.8 Å². The average molecular weight is 342 g/mol. The maximum absolute atomic E-state index is 12.8. The molecule has 1 fully saturated rings. The standard InChI is InChI=1S/C16H18N6OS/c1-10-9-24-16(17-10)18-11-5-7-22(8-6-11)15(23)12-3-2-4-13-14(12)20-21-19-13/h2-4,9,11H,5-8H2,1H3,(H,17,18)(H,19,20,21). The van der Waals surface area contributed by atoms with Gasteiger partial charge in [0.1, 0.15) is 11.0 Å². The van der Waals surface area contributed by atoms with E-state index in [1.807, 2.05) is 35.4 Å². The fraction of sp³-hybridized carbons (Fsp3) is 0.375. The Hall–Kier alpha value is -2.48. The molecule has 4 rings (SSSR count). The Morgan fingerprint density at radius 2 is 2.17 bits per heavy atom. The van der Waals surface area contributed by atoms with Crippen LogP contribution in [0.1, 0.15) is 28.9 Å². The highest BCUT2D eigenvalue weighted by atomic mass is 32.1. The molecule has 0 saturated carbocycles. The Morgan fingerprint density at radius 1 is 1.33 bits per heavy atom. The van der Waals surface area contributed by atoms with E-state index in [1.54, 1.807) is 11.3 Å². The van der Waals surface area contributed by atoms with Crippen molar-refractivity contribution in [2.45, 2.75) is 25.8 Å². The number of carbonyl (C=O) groups excluding carboxylic acids is 1. The van der Waals surface area contributed by atoms with E-state index in [2.05, 4.69) is 25.7 Å². The van der Waals surface area contributed by atoms with Gasteiger partial charge in [0.05, 0.1) is 11.3 Å². The molecule has 3 aromatic rings. The second-order valence-electron chi connectivity index (χ2n) is 6.00. The summed E-state index contributed by atoms with van der Waals surface area (Å²) < 4.78 is 0. The van der Waals surface area contributed by atoms with Gasteiger partial charge in [-0.25, -0.2) is 4.98 Å². The molecule has 1 aromatic carbocycles. The molecule has 0 bridgehead atoms. The maximum atomic E-state index is 12.8. The number of fused-ring (bicyclic) bond motifs is 1. The van der Waals surface area contributed by atoms with Crippen LogP contribution in [0.3, 0.4) is 0 Å². The van der Waals surface area contributed by atoms with Crippen LogP contribution in [-0.2, 0) is 0 Å². The van der Waals surface area contributed by atoms with Crippen LogP contribution in [0.4, 0.5) is 5.13 Å². The number of amides is 1. The molecule has 0 atom stereocenters. The van der Waals surface area contributed by atoms with Gasteiger partial charge in [-0.15, -0.1) is 11.3 Å². The first kappa shape index (κ1) is 15.1. The molecular weight excluding hydrogens is 324 g/mol. The van der Waals surface area contributed by atoms with E-state index < -0.39 is 0 Å². The predicted octanol–water partition coefficient (Wildman–Crippen LogP) is 2.44. The smallest absolute Gasteiger partial charge is 0.256 e. The minimum Gasteiger partial charge on any atom is -0.359 e. The van der Waals surface area contributed by atoms with E-state index in [9.17, 15) is 4.79 Å². The van der Waals surface area contributed by atoms with Crippen LogP contribution in [0, 0.1) is 6.92 Å². The Bertz CT molecular complexity index is 864. The van der Waals surface area contributed by atoms with Crippen molar-refractivity contribution in [2.24, 2.45) is 0 Å². The number of hydrogen-bond donors (Lipinski definition) is 2. The molecule has 1 saturated heterocycles. The summed E-state index contributed by atoms with van der Waals surface area (Å²) in [5, 5.41) is 17.2. The molecule has 24 heavy (non-hydrogen) atoms. The number of likely N-dealkylation sites (tertiary alicyclic amines) is 1. The largest absolute Gasteiger partial charge is 0.359 e. The van der Waals surface area contributed by atoms with E-state index in [-0.39, 0.29) is 5.91 Å². The third-order valence-electron chi connectivity index (χ3n) is 4.31. The number of aryl methyl sites for hydroxylation is 1. The lowest BCUT2D eigenvalue weighted by molar-refractivity contribution is 0.0720. The number of nitrogens with zero attached hydrogens (tertiary/aromatic N) is 4. The summed E-state index contributed by atoms with van der Waals surface area (Å²) in [6, 6.07) is 5.87. The molecule has 0 unspecified atom stereocenters. The highest BCUT2D eigenvalue weighted by Gasteiger charge is 2.25. The van der Waals surface area contributed by atoms with Crippen LogP contribution < -0.4 is 5.32 Å². The van der Waals surface area contributed by atoms with Crippen LogP contribution >= 0.6 is 11.3 Å². The minimum absolute atomic E-state index is 0.0260. The normalized spacial score (nSPS) is 15.8. The molecule has 1 aliphatic rings. The second kappa shape index (κ2) is 6.20. The zero-order valence-corrected chi connectivity index (χ0v) is 14.1. The van der Waals surface area contributed by atoms with Gasteiger partial charge < -0.3 is 10.2 Å². The fourth-order valence-electron chi connectivity index (χ4n) is 3.03. The van der Waals surface area contributed by atoms with Crippen molar-refractivity contribution < 1.29 is 4.79 Å². The Morgan fingerprint density at radius 3 is 2.92 bits per heavy atom. The molecule has 0 radical (unpaired) electrons. The van der Waals surface area contributed by atoms with Gasteiger partial charge in [0.15, 0.2) is 5.13 Å². The molecular formula is C16H18N6OS. The van der Waals surface area contributed by atoms with Gasteiger partial charge in [-0.1, -0.05) is 6.07 Å². The van der Waals surface area contributed by atoms with Gasteiger partial charge in [0.2, 0.25) is 0 Å². The summed E-state index contributed by atoms with van der Waals surface area (Å²) >= 11 is 1.63. The lowest BCUT2D eigenvalue weighted by Crippen LogP contribution is -2.42. The van der Waals surface area contributed by atoms with Crippen LogP contribution in [0.2, 0.25) is 0 Å². The number of carbonyl (C=O) groups is 1. The fourth-order valence-corrected chi connectivity index (χ4v) is 3.80. The van der Waals surface area contributed by atoms with Crippen LogP contribution in [0.15, 0.2) is 23.6 Å². The summed E-state index contributed by atoms with van der Waals surface area (Å²) in [4.78, 5) is 19.1. The Kier molecular flexibility index (Phi) is 3.89. The summed E-state index contributed by atoms with van der Waals surface area (Å²) in [6.45, 7) is 3.46. The topological polar surface area (TPSA) is 86.8 Å². The summed E-state index contributed by atoms with van der Waals surface area (Å²) in [5.74, 6) is 0.0260. The molecule has 1 amide bonds. The van der Waals surface area contributed by atoms with Crippen molar-refractivity contribution in [2.75, 3.05) is 18.4 Å². The quantitative estimate of drug-likeness (QED) is 0.763. The molecule has 8 heteroatoms. The number of anilines is 1. The van der Waals surface area contributed by atoms with Gasteiger partial charge in [-0.2, -0.15) is 15.4 Å². The zero-order valence-electron chi connectivity index (χ0n) is 13.3. The molecule has 1 aliphatic heterocycles. The van der Waals surface area contributed by atoms with Gasteiger partial charge in [0.25, 0.3) is 5.91 Å². The van der Waals surface area contributed by atoms with Crippen molar-refractivity contribution in [1.29, 1.82) is 0 Å². The van der Waals surface area contributed by atoms with E-state index in [0.717, 1.165) is 42.3 Å². The second-order valence-corrected chi connectivity index (χ2v) is 6.86. The zero-order chi connectivity index (χ0) is 16.5. The van der Waals surface area contributed by atoms with Crippen molar-refractivity contribution in [3.8, 4) is 0 Å². The number of piperidine rings is 1. The number of hydrogen-bond acceptors (Lipinski definition) is 6. The third-order valence-corrected chi connectivity index (χ3v) is 5.20. The van der Waals surface area contributed by atoms with Crippen LogP contribution in [-0.4, -0.2) is 50.3 Å². The highest BCUT2D eigenvalue weighted by molar-refractivity contribution is 7.13. The van der Waals surface area contributed by atoms with Crippen molar-refractivity contribution in [3.63, 3.8) is 0 Å². The number of aromatic nitrogens is 4. The molecule has 124 valence electrons. The Balaban J connectivity index is 1.42. The molecule has 2 N–H and O–H groups in total. The van der Waals surface area contributed by atoms with Crippen LogP contribution in [0.5, 0.6) is 0 Å². The number of H-pyrrole nitrogens is 1. The number of para-hydroxylation sites is 1. The number of rotatable bonds is 3. The number of benzene rings is 1. The monoisotopic (exact) mass is 342 g/mol. The SMILES string of the molecule is Cc1csc(NC2CCN(C(=O)c3cccc4n[nH]nc34)CC2)n1. The van der Waals surface area contributed by atoms with Gasteiger partial charge in [0, 0.05) is 24.5 Å². The van der Waals surface area contributed by atoms with Gasteiger partial charge >= 0.3 is 0 Å². The summed E-state index contributed by atoms with van der Waals surface area (Å²) in [5.41, 5.74) is 3.01. The molecule has 7 nitrogen and oxygen atoms in total. The lowest BCUT2D eigenvalue weighted by atomic mass is 10.0. The predicted molar refractivity (Wildman–Crippen MR) is 93.3 cm³/mol. The minimum atomic E-state index is 0.0260. The number of thiazole rings is 1. The molecule has 0 aliphatic carbocycles. The number of nitrogens with one attached hydrogen (secondary N) is 2. The molecule has 2 aromatic heterocycles. The first-order valence-electron chi connectivity index (χ1n) is 7.98. The summed E-state index contributed by atoms with van der Waals surface area (Å²) in [7, 11) is 0. The average Bonchev–Trinajstić information content (AvgIpc) is 3.23. The lowest BCUT2D eigenvalue weighted by Gasteiger charge is -2.32. The number of aromatic amines is 1. The van der Waals surface area contributed by atoms with Crippen molar-refractivity contribution in [1.82, 2.24) is 25.3 Å². The van der Waals surface area contributed by atoms with Crippen molar-refractivity contribution >= 4 is 33.4 Å². The van der Waals surface area contributed by atoms with E-state index >= 15 is 0 Å². The molecule has 3 heterocycles.